The molecule has 0 rings (SSSR count). The minimum absolute atomic E-state index is 0.0321. The number of carboxylic acids is 1. The molecule has 0 aromatic rings. The van der Waals surface area contributed by atoms with E-state index in [9.17, 15) is 9.59 Å². The van der Waals surface area contributed by atoms with Crippen molar-refractivity contribution >= 4 is 11.9 Å². The summed E-state index contributed by atoms with van der Waals surface area (Å²) in [6.45, 7) is 6.94. The Hall–Kier alpha value is -1.18. The van der Waals surface area contributed by atoms with Crippen molar-refractivity contribution in [3.05, 3.63) is 0 Å². The highest BCUT2D eigenvalue weighted by atomic mass is 16.4. The number of aliphatic carboxylic acids is 1. The van der Waals surface area contributed by atoms with E-state index in [1.54, 1.807) is 4.90 Å². The van der Waals surface area contributed by atoms with E-state index in [-0.39, 0.29) is 30.8 Å². The van der Waals surface area contributed by atoms with Gasteiger partial charge in [0.05, 0.1) is 6.42 Å². The second-order valence-corrected chi connectivity index (χ2v) is 6.26. The van der Waals surface area contributed by atoms with Gasteiger partial charge in [-0.3, -0.25) is 9.59 Å². The van der Waals surface area contributed by atoms with Crippen LogP contribution >= 0.6 is 0 Å². The van der Waals surface area contributed by atoms with Crippen LogP contribution in [0.5, 0.6) is 0 Å². The molecule has 0 aliphatic heterocycles. The fourth-order valence-corrected chi connectivity index (χ4v) is 2.10. The van der Waals surface area contributed by atoms with Gasteiger partial charge in [-0.15, -0.1) is 0 Å². The number of carboxylic acid groups (broad SMARTS) is 1. The predicted octanol–water partition coefficient (Wildman–Crippen LogP) is 0.524. The molecule has 0 aromatic heterocycles. The summed E-state index contributed by atoms with van der Waals surface area (Å²) in [5, 5.41) is 12.0. The molecule has 0 aliphatic rings. The quantitative estimate of drug-likeness (QED) is 0.345. The van der Waals surface area contributed by atoms with E-state index in [1.165, 1.54) is 0 Å². The van der Waals surface area contributed by atoms with Crippen molar-refractivity contribution in [1.29, 1.82) is 0 Å². The third kappa shape index (κ3) is 14.2. The van der Waals surface area contributed by atoms with Crippen molar-refractivity contribution in [2.45, 2.75) is 64.5 Å². The third-order valence-electron chi connectivity index (χ3n) is 3.57. The standard InChI is InChI=1S/C16H34N4O3/c1-13(17)7-10-19-9-3-4-11-20(12-8-14(2)18)15(21)5-6-16(22)23/h13-14,19H,3-12,17-18H2,1-2H3,(H,22,23). The number of nitrogens with zero attached hydrogens (tertiary/aromatic N) is 1. The van der Waals surface area contributed by atoms with Gasteiger partial charge in [0, 0.05) is 31.6 Å². The van der Waals surface area contributed by atoms with Crippen LogP contribution in [-0.4, -0.2) is 60.1 Å². The second kappa shape index (κ2) is 13.3. The van der Waals surface area contributed by atoms with E-state index < -0.39 is 5.97 Å². The van der Waals surface area contributed by atoms with Crippen molar-refractivity contribution < 1.29 is 14.7 Å². The molecule has 0 aliphatic carbocycles. The fourth-order valence-electron chi connectivity index (χ4n) is 2.10. The maximum absolute atomic E-state index is 12.1. The molecule has 6 N–H and O–H groups in total. The zero-order valence-electron chi connectivity index (χ0n) is 14.6. The lowest BCUT2D eigenvalue weighted by Crippen LogP contribution is -2.36. The normalized spacial score (nSPS) is 13.6. The third-order valence-corrected chi connectivity index (χ3v) is 3.57. The number of rotatable bonds is 14. The molecule has 7 nitrogen and oxygen atoms in total. The van der Waals surface area contributed by atoms with Gasteiger partial charge in [-0.1, -0.05) is 0 Å². The van der Waals surface area contributed by atoms with E-state index in [2.05, 4.69) is 5.32 Å². The molecule has 23 heavy (non-hydrogen) atoms. The molecule has 2 unspecified atom stereocenters. The molecule has 0 saturated carbocycles. The summed E-state index contributed by atoms with van der Waals surface area (Å²) in [6.07, 6.45) is 3.48. The van der Waals surface area contributed by atoms with Gasteiger partial charge in [-0.2, -0.15) is 0 Å². The van der Waals surface area contributed by atoms with Crippen LogP contribution in [0.1, 0.15) is 52.4 Å². The molecule has 1 amide bonds. The maximum Gasteiger partial charge on any atom is 0.303 e. The molecular formula is C16H34N4O3. The first-order chi connectivity index (χ1) is 10.8. The van der Waals surface area contributed by atoms with E-state index in [0.717, 1.165) is 38.8 Å². The van der Waals surface area contributed by atoms with Crippen LogP contribution in [0.15, 0.2) is 0 Å². The van der Waals surface area contributed by atoms with Crippen molar-refractivity contribution in [1.82, 2.24) is 10.2 Å². The Morgan fingerprint density at radius 3 is 2.22 bits per heavy atom. The van der Waals surface area contributed by atoms with E-state index >= 15 is 0 Å². The van der Waals surface area contributed by atoms with E-state index in [0.29, 0.717) is 13.1 Å². The van der Waals surface area contributed by atoms with Gasteiger partial charge in [0.2, 0.25) is 5.91 Å². The van der Waals surface area contributed by atoms with Crippen molar-refractivity contribution in [2.24, 2.45) is 11.5 Å². The molecular weight excluding hydrogens is 296 g/mol. The van der Waals surface area contributed by atoms with Crippen LogP contribution in [0, 0.1) is 0 Å². The van der Waals surface area contributed by atoms with Gasteiger partial charge in [-0.05, 0) is 52.6 Å². The van der Waals surface area contributed by atoms with Crippen molar-refractivity contribution in [2.75, 3.05) is 26.2 Å². The number of unbranched alkanes of at least 4 members (excludes halogenated alkanes) is 1. The fraction of sp³-hybridized carbons (Fsp3) is 0.875. The Morgan fingerprint density at radius 2 is 1.65 bits per heavy atom. The molecule has 2 atom stereocenters. The van der Waals surface area contributed by atoms with Crippen LogP contribution in [0.2, 0.25) is 0 Å². The van der Waals surface area contributed by atoms with Crippen LogP contribution in [0.3, 0.4) is 0 Å². The summed E-state index contributed by atoms with van der Waals surface area (Å²) in [7, 11) is 0. The molecule has 136 valence electrons. The zero-order valence-corrected chi connectivity index (χ0v) is 14.6. The van der Waals surface area contributed by atoms with Crippen LogP contribution in [0.25, 0.3) is 0 Å². The summed E-state index contributed by atoms with van der Waals surface area (Å²) in [6, 6.07) is 0.243. The first-order valence-electron chi connectivity index (χ1n) is 8.54. The minimum Gasteiger partial charge on any atom is -0.481 e. The van der Waals surface area contributed by atoms with Gasteiger partial charge < -0.3 is 26.8 Å². The Labute approximate surface area is 139 Å². The predicted molar refractivity (Wildman–Crippen MR) is 92.1 cm³/mol. The molecule has 0 aromatic carbocycles. The van der Waals surface area contributed by atoms with Crippen LogP contribution in [0.4, 0.5) is 0 Å². The number of amides is 1. The average Bonchev–Trinajstić information content (AvgIpc) is 2.46. The molecule has 0 radical (unpaired) electrons. The van der Waals surface area contributed by atoms with Gasteiger partial charge in [0.15, 0.2) is 0 Å². The largest absolute Gasteiger partial charge is 0.481 e. The van der Waals surface area contributed by atoms with Crippen LogP contribution in [-0.2, 0) is 9.59 Å². The SMILES string of the molecule is CC(N)CCNCCCCN(CCC(C)N)C(=O)CCC(=O)O. The molecule has 0 spiro atoms. The van der Waals surface area contributed by atoms with Gasteiger partial charge >= 0.3 is 5.97 Å². The summed E-state index contributed by atoms with van der Waals surface area (Å²) >= 11 is 0. The molecule has 0 fully saturated rings. The molecule has 0 bridgehead atoms. The number of carbonyl (C=O) groups is 2. The average molecular weight is 330 g/mol. The van der Waals surface area contributed by atoms with Gasteiger partial charge in [0.1, 0.15) is 0 Å². The highest BCUT2D eigenvalue weighted by molar-refractivity contribution is 5.80. The lowest BCUT2D eigenvalue weighted by molar-refractivity contribution is -0.141. The maximum atomic E-state index is 12.1. The summed E-state index contributed by atoms with van der Waals surface area (Å²) in [5.74, 6) is -1.04. The summed E-state index contributed by atoms with van der Waals surface area (Å²) < 4.78 is 0. The number of carbonyl (C=O) groups excluding carboxylic acids is 1. The zero-order chi connectivity index (χ0) is 17.7. The smallest absolute Gasteiger partial charge is 0.303 e. The van der Waals surface area contributed by atoms with Gasteiger partial charge in [-0.25, -0.2) is 0 Å². The lowest BCUT2D eigenvalue weighted by Gasteiger charge is -2.23. The lowest BCUT2D eigenvalue weighted by atomic mass is 10.2. The van der Waals surface area contributed by atoms with Crippen molar-refractivity contribution in [3.63, 3.8) is 0 Å². The second-order valence-electron chi connectivity index (χ2n) is 6.26. The topological polar surface area (TPSA) is 122 Å². The Kier molecular flexibility index (Phi) is 12.6. The number of hydrogen-bond acceptors (Lipinski definition) is 5. The number of nitrogens with one attached hydrogen (secondary N) is 1. The monoisotopic (exact) mass is 330 g/mol. The molecule has 0 saturated heterocycles. The highest BCUT2D eigenvalue weighted by Crippen LogP contribution is 2.04. The Bertz CT molecular complexity index is 335. The van der Waals surface area contributed by atoms with E-state index in [1.807, 2.05) is 13.8 Å². The van der Waals surface area contributed by atoms with Gasteiger partial charge in [0.25, 0.3) is 0 Å². The highest BCUT2D eigenvalue weighted by Gasteiger charge is 2.14. The Balaban J connectivity index is 4.00. The Morgan fingerprint density at radius 1 is 1.00 bits per heavy atom. The minimum atomic E-state index is -0.941. The first kappa shape index (κ1) is 21.8. The van der Waals surface area contributed by atoms with Crippen molar-refractivity contribution in [3.8, 4) is 0 Å². The first-order valence-corrected chi connectivity index (χ1v) is 8.54. The molecule has 0 heterocycles. The molecule has 7 heteroatoms. The summed E-state index contributed by atoms with van der Waals surface area (Å²) in [5.41, 5.74) is 11.4. The number of hydrogen-bond donors (Lipinski definition) is 4. The van der Waals surface area contributed by atoms with Crippen LogP contribution < -0.4 is 16.8 Å². The van der Waals surface area contributed by atoms with E-state index in [4.69, 9.17) is 16.6 Å². The number of nitrogens with two attached hydrogens (primary N) is 2. The summed E-state index contributed by atoms with van der Waals surface area (Å²) in [4.78, 5) is 24.4.